The Bertz CT molecular complexity index is 1420. The number of β-amino-alcohol motifs (C(OH)–C–C–N with tert-alkyl or cyclic N) is 1. The number of fused-ring (bicyclic) bond motifs is 5. The zero-order valence-electron chi connectivity index (χ0n) is 19.8. The normalized spacial score (nSPS) is 20.6. The molecular formula is C26H26BrNO6S. The first-order valence-corrected chi connectivity index (χ1v) is 13.3. The summed E-state index contributed by atoms with van der Waals surface area (Å²) in [6.07, 6.45) is 0.274. The van der Waals surface area contributed by atoms with E-state index < -0.39 is 21.5 Å². The predicted molar refractivity (Wildman–Crippen MR) is 136 cm³/mol. The van der Waals surface area contributed by atoms with Gasteiger partial charge in [0.25, 0.3) is 10.0 Å². The number of anilines is 1. The van der Waals surface area contributed by atoms with Crippen LogP contribution in [0.2, 0.25) is 0 Å². The smallest absolute Gasteiger partial charge is 0.264 e. The van der Waals surface area contributed by atoms with E-state index in [1.807, 2.05) is 25.1 Å². The first-order valence-electron chi connectivity index (χ1n) is 11.1. The van der Waals surface area contributed by atoms with Crippen molar-refractivity contribution in [1.82, 2.24) is 0 Å². The molecule has 9 heteroatoms. The SMILES string of the molecule is COc1cc2c(cc1Br)C1c3cc(OC)c(OC)cc3CC1(O)CN2S(=O)(=O)c1ccc(C)cc1. The fourth-order valence-electron chi connectivity index (χ4n) is 5.23. The number of halogens is 1. The van der Waals surface area contributed by atoms with Gasteiger partial charge in [0.2, 0.25) is 0 Å². The van der Waals surface area contributed by atoms with Crippen molar-refractivity contribution < 1.29 is 27.7 Å². The van der Waals surface area contributed by atoms with Crippen LogP contribution < -0.4 is 18.5 Å². The molecule has 0 aromatic heterocycles. The molecule has 0 amide bonds. The molecule has 1 N–H and O–H groups in total. The molecule has 2 aliphatic rings. The molecule has 0 bridgehead atoms. The molecule has 1 aliphatic carbocycles. The number of aryl methyl sites for hydroxylation is 1. The molecule has 3 aromatic rings. The van der Waals surface area contributed by atoms with Crippen LogP contribution in [0.5, 0.6) is 17.2 Å². The van der Waals surface area contributed by atoms with Crippen LogP contribution >= 0.6 is 15.9 Å². The van der Waals surface area contributed by atoms with E-state index >= 15 is 0 Å². The second-order valence-electron chi connectivity index (χ2n) is 8.99. The summed E-state index contributed by atoms with van der Waals surface area (Å²) >= 11 is 3.55. The van der Waals surface area contributed by atoms with Crippen molar-refractivity contribution in [1.29, 1.82) is 0 Å². The number of ether oxygens (including phenoxy) is 3. The highest BCUT2D eigenvalue weighted by molar-refractivity contribution is 9.10. The number of aliphatic hydroxyl groups is 1. The van der Waals surface area contributed by atoms with Crippen LogP contribution in [0, 0.1) is 6.92 Å². The Morgan fingerprint density at radius 3 is 2.20 bits per heavy atom. The second kappa shape index (κ2) is 8.43. The lowest BCUT2D eigenvalue weighted by Gasteiger charge is -2.43. The molecule has 0 radical (unpaired) electrons. The first kappa shape index (κ1) is 24.0. The van der Waals surface area contributed by atoms with Gasteiger partial charge in [-0.1, -0.05) is 17.7 Å². The van der Waals surface area contributed by atoms with Crippen molar-refractivity contribution in [2.24, 2.45) is 0 Å². The molecule has 1 aliphatic heterocycles. The largest absolute Gasteiger partial charge is 0.495 e. The molecule has 7 nitrogen and oxygen atoms in total. The Kier molecular flexibility index (Phi) is 5.77. The van der Waals surface area contributed by atoms with Crippen LogP contribution in [-0.2, 0) is 16.4 Å². The molecule has 0 fully saturated rings. The van der Waals surface area contributed by atoms with Gasteiger partial charge in [0.1, 0.15) is 5.75 Å². The average molecular weight is 560 g/mol. The molecule has 1 heterocycles. The number of methoxy groups -OCH3 is 3. The Labute approximate surface area is 213 Å². The fourth-order valence-corrected chi connectivity index (χ4v) is 7.30. The van der Waals surface area contributed by atoms with Crippen LogP contribution in [0.1, 0.15) is 28.2 Å². The van der Waals surface area contributed by atoms with Crippen molar-refractivity contribution in [3.05, 3.63) is 75.3 Å². The van der Waals surface area contributed by atoms with Gasteiger partial charge in [-0.25, -0.2) is 8.42 Å². The zero-order chi connectivity index (χ0) is 25.1. The van der Waals surface area contributed by atoms with E-state index in [1.54, 1.807) is 44.6 Å². The van der Waals surface area contributed by atoms with Crippen LogP contribution in [-0.4, -0.2) is 47.0 Å². The molecule has 184 valence electrons. The lowest BCUT2D eigenvalue weighted by molar-refractivity contribution is 0.0415. The predicted octanol–water partition coefficient (Wildman–Crippen LogP) is 4.41. The third kappa shape index (κ3) is 3.68. The van der Waals surface area contributed by atoms with Crippen LogP contribution in [0.25, 0.3) is 0 Å². The minimum absolute atomic E-state index is 0.106. The van der Waals surface area contributed by atoms with E-state index in [0.29, 0.717) is 33.0 Å². The van der Waals surface area contributed by atoms with E-state index in [1.165, 1.54) is 11.4 Å². The van der Waals surface area contributed by atoms with Gasteiger partial charge < -0.3 is 19.3 Å². The maximum atomic E-state index is 13.9. The molecule has 0 saturated carbocycles. The number of hydrogen-bond donors (Lipinski definition) is 1. The maximum Gasteiger partial charge on any atom is 0.264 e. The molecule has 5 rings (SSSR count). The Hall–Kier alpha value is -2.75. The molecule has 2 atom stereocenters. The lowest BCUT2D eigenvalue weighted by atomic mass is 9.78. The fraction of sp³-hybridized carbons (Fsp3) is 0.308. The van der Waals surface area contributed by atoms with Gasteiger partial charge in [0, 0.05) is 18.4 Å². The summed E-state index contributed by atoms with van der Waals surface area (Å²) in [4.78, 5) is 0.164. The molecular weight excluding hydrogens is 534 g/mol. The average Bonchev–Trinajstić information content (AvgIpc) is 3.13. The zero-order valence-corrected chi connectivity index (χ0v) is 22.2. The molecule has 0 saturated heterocycles. The third-order valence-corrected chi connectivity index (χ3v) is 9.29. The highest BCUT2D eigenvalue weighted by Crippen LogP contribution is 2.55. The summed E-state index contributed by atoms with van der Waals surface area (Å²) < 4.78 is 46.2. The van der Waals surface area contributed by atoms with E-state index in [4.69, 9.17) is 14.2 Å². The molecule has 3 aromatic carbocycles. The van der Waals surface area contributed by atoms with Crippen molar-refractivity contribution in [3.8, 4) is 17.2 Å². The summed E-state index contributed by atoms with van der Waals surface area (Å²) in [5.41, 5.74) is 2.54. The summed E-state index contributed by atoms with van der Waals surface area (Å²) in [6, 6.07) is 14.0. The van der Waals surface area contributed by atoms with Crippen molar-refractivity contribution >= 4 is 31.6 Å². The van der Waals surface area contributed by atoms with Gasteiger partial charge in [-0.05, 0) is 69.9 Å². The number of rotatable bonds is 5. The summed E-state index contributed by atoms with van der Waals surface area (Å²) in [6.45, 7) is 1.80. The van der Waals surface area contributed by atoms with Gasteiger partial charge in [-0.15, -0.1) is 0 Å². The highest BCUT2D eigenvalue weighted by Gasteiger charge is 2.53. The van der Waals surface area contributed by atoms with Gasteiger partial charge in [0.05, 0.1) is 48.5 Å². The van der Waals surface area contributed by atoms with Crippen LogP contribution in [0.15, 0.2) is 57.9 Å². The number of sulfonamides is 1. The molecule has 35 heavy (non-hydrogen) atoms. The number of benzene rings is 3. The van der Waals surface area contributed by atoms with E-state index in [9.17, 15) is 13.5 Å². The maximum absolute atomic E-state index is 13.9. The minimum Gasteiger partial charge on any atom is -0.495 e. The monoisotopic (exact) mass is 559 g/mol. The van der Waals surface area contributed by atoms with E-state index in [0.717, 1.165) is 16.7 Å². The quantitative estimate of drug-likeness (QED) is 0.498. The van der Waals surface area contributed by atoms with Crippen molar-refractivity contribution in [2.45, 2.75) is 29.8 Å². The Balaban J connectivity index is 1.74. The van der Waals surface area contributed by atoms with Crippen molar-refractivity contribution in [3.63, 3.8) is 0 Å². The van der Waals surface area contributed by atoms with Gasteiger partial charge >= 0.3 is 0 Å². The van der Waals surface area contributed by atoms with Crippen LogP contribution in [0.3, 0.4) is 0 Å². The third-order valence-electron chi connectivity index (χ3n) is 6.90. The van der Waals surface area contributed by atoms with Gasteiger partial charge in [0.15, 0.2) is 11.5 Å². The minimum atomic E-state index is -3.97. The van der Waals surface area contributed by atoms with E-state index in [2.05, 4.69) is 15.9 Å². The lowest BCUT2D eigenvalue weighted by Crippen LogP contribution is -2.52. The second-order valence-corrected chi connectivity index (χ2v) is 11.7. The first-order chi connectivity index (χ1) is 16.6. The topological polar surface area (TPSA) is 85.3 Å². The molecule has 2 unspecified atom stereocenters. The Morgan fingerprint density at radius 1 is 0.943 bits per heavy atom. The number of nitrogens with zero attached hydrogens (tertiary/aromatic N) is 1. The van der Waals surface area contributed by atoms with E-state index in [-0.39, 0.29) is 17.9 Å². The van der Waals surface area contributed by atoms with Crippen molar-refractivity contribution in [2.75, 3.05) is 32.2 Å². The standard InChI is InChI=1S/C26H26BrNO6S/c1-15-5-7-17(8-6-15)35(30,31)28-14-26(29)13-16-9-23(33-3)24(34-4)11-18(16)25(26)19-10-20(27)22(32-2)12-21(19)28/h5-12,25,29H,13-14H2,1-4H3. The summed E-state index contributed by atoms with van der Waals surface area (Å²) in [7, 11) is 0.700. The molecule has 0 spiro atoms. The summed E-state index contributed by atoms with van der Waals surface area (Å²) in [5, 5.41) is 12.0. The summed E-state index contributed by atoms with van der Waals surface area (Å²) in [5.74, 6) is 1.16. The number of hydrogen-bond acceptors (Lipinski definition) is 6. The van der Waals surface area contributed by atoms with Gasteiger partial charge in [-0.2, -0.15) is 0 Å². The highest BCUT2D eigenvalue weighted by atomic mass is 79.9. The van der Waals surface area contributed by atoms with Gasteiger partial charge in [-0.3, -0.25) is 4.31 Å². The Morgan fingerprint density at radius 2 is 1.57 bits per heavy atom. The van der Waals surface area contributed by atoms with Crippen LogP contribution in [0.4, 0.5) is 5.69 Å².